The summed E-state index contributed by atoms with van der Waals surface area (Å²) in [5.41, 5.74) is 3.45. The summed E-state index contributed by atoms with van der Waals surface area (Å²) in [7, 11) is 0. The third kappa shape index (κ3) is 2.63. The second kappa shape index (κ2) is 4.22. The molecule has 0 heterocycles. The number of carboxylic acids is 1. The number of carbonyl (C=O) groups is 1. The lowest BCUT2D eigenvalue weighted by Gasteiger charge is -2.05. The number of carboxylic acid groups (broad SMARTS) is 1. The molecular formula is C9H10F2NO3+. The van der Waals surface area contributed by atoms with Crippen LogP contribution < -0.4 is 5.73 Å². The van der Waals surface area contributed by atoms with E-state index in [-0.39, 0.29) is 12.0 Å². The average Bonchev–Trinajstić information content (AvgIpc) is 2.13. The molecule has 5 N–H and O–H groups in total. The Balaban J connectivity index is 2.92. The van der Waals surface area contributed by atoms with E-state index in [0.717, 1.165) is 12.1 Å². The predicted molar refractivity (Wildman–Crippen MR) is 46.0 cm³/mol. The molecule has 0 aliphatic heterocycles. The van der Waals surface area contributed by atoms with E-state index in [1.165, 1.54) is 0 Å². The van der Waals surface area contributed by atoms with Gasteiger partial charge in [0.1, 0.15) is 0 Å². The van der Waals surface area contributed by atoms with Gasteiger partial charge >= 0.3 is 5.97 Å². The van der Waals surface area contributed by atoms with Gasteiger partial charge in [-0.3, -0.25) is 0 Å². The van der Waals surface area contributed by atoms with Gasteiger partial charge in [-0.1, -0.05) is 0 Å². The molecule has 1 aromatic carbocycles. The predicted octanol–water partition coefficient (Wildman–Crippen LogP) is -0.0920. The van der Waals surface area contributed by atoms with Crippen molar-refractivity contribution in [3.63, 3.8) is 0 Å². The van der Waals surface area contributed by atoms with Gasteiger partial charge in [-0.2, -0.15) is 0 Å². The van der Waals surface area contributed by atoms with E-state index in [1.54, 1.807) is 0 Å². The second-order valence-electron chi connectivity index (χ2n) is 3.15. The van der Waals surface area contributed by atoms with E-state index >= 15 is 0 Å². The summed E-state index contributed by atoms with van der Waals surface area (Å²) in [6, 6.07) is 0.798. The molecule has 1 aromatic rings. The highest BCUT2D eigenvalue weighted by atomic mass is 19.1. The van der Waals surface area contributed by atoms with Crippen LogP contribution in [0.15, 0.2) is 12.1 Å². The molecule has 0 aromatic heterocycles. The summed E-state index contributed by atoms with van der Waals surface area (Å²) in [5.74, 6) is -4.43. The molecule has 1 atom stereocenters. The van der Waals surface area contributed by atoms with Crippen molar-refractivity contribution in [1.82, 2.24) is 0 Å². The highest BCUT2D eigenvalue weighted by Crippen LogP contribution is 2.21. The minimum absolute atomic E-state index is 0.0938. The fourth-order valence-electron chi connectivity index (χ4n) is 1.11. The van der Waals surface area contributed by atoms with Gasteiger partial charge in [0, 0.05) is 6.42 Å². The number of hydrogen-bond donors (Lipinski definition) is 3. The SMILES string of the molecule is [NH3+][C@@H](Cc1cc(F)c(O)c(F)c1)C(=O)O. The van der Waals surface area contributed by atoms with Crippen LogP contribution in [0.4, 0.5) is 8.78 Å². The summed E-state index contributed by atoms with van der Waals surface area (Å²) in [6.45, 7) is 0. The summed E-state index contributed by atoms with van der Waals surface area (Å²) < 4.78 is 25.7. The fraction of sp³-hybridized carbons (Fsp3) is 0.222. The van der Waals surface area contributed by atoms with E-state index in [0.29, 0.717) is 0 Å². The number of aromatic hydroxyl groups is 1. The molecule has 6 heteroatoms. The number of phenols is 1. The van der Waals surface area contributed by atoms with Gasteiger partial charge in [-0.05, 0) is 17.7 Å². The van der Waals surface area contributed by atoms with E-state index in [4.69, 9.17) is 10.2 Å². The Labute approximate surface area is 83.9 Å². The van der Waals surface area contributed by atoms with Gasteiger partial charge in [-0.25, -0.2) is 13.6 Å². The highest BCUT2D eigenvalue weighted by Gasteiger charge is 2.18. The highest BCUT2D eigenvalue weighted by molar-refractivity contribution is 5.71. The topological polar surface area (TPSA) is 85.2 Å². The van der Waals surface area contributed by atoms with Crippen molar-refractivity contribution < 1.29 is 29.5 Å². The number of phenolic OH excluding ortho intramolecular Hbond substituents is 1. The number of hydrogen-bond acceptors (Lipinski definition) is 2. The number of quaternary nitrogens is 1. The molecule has 0 amide bonds. The largest absolute Gasteiger partial charge is 0.503 e. The van der Waals surface area contributed by atoms with Gasteiger partial charge < -0.3 is 15.9 Å². The lowest BCUT2D eigenvalue weighted by atomic mass is 10.1. The minimum atomic E-state index is -1.15. The van der Waals surface area contributed by atoms with Crippen molar-refractivity contribution in [2.45, 2.75) is 12.5 Å². The molecule has 0 fully saturated rings. The van der Waals surface area contributed by atoms with Gasteiger partial charge in [0.2, 0.25) is 0 Å². The maximum absolute atomic E-state index is 12.8. The quantitative estimate of drug-likeness (QED) is 0.662. The molecular weight excluding hydrogens is 208 g/mol. The van der Waals surface area contributed by atoms with Crippen LogP contribution in [0.3, 0.4) is 0 Å². The van der Waals surface area contributed by atoms with Crippen LogP contribution in [-0.4, -0.2) is 22.2 Å². The normalized spacial score (nSPS) is 12.5. The third-order valence-electron chi connectivity index (χ3n) is 1.91. The maximum atomic E-state index is 12.8. The molecule has 82 valence electrons. The molecule has 1 rings (SSSR count). The monoisotopic (exact) mass is 218 g/mol. The maximum Gasteiger partial charge on any atom is 0.362 e. The number of halogens is 2. The van der Waals surface area contributed by atoms with Gasteiger partial charge in [0.25, 0.3) is 0 Å². The lowest BCUT2D eigenvalue weighted by molar-refractivity contribution is -0.407. The number of rotatable bonds is 3. The number of aliphatic carboxylic acids is 1. The first-order chi connectivity index (χ1) is 6.91. The van der Waals surface area contributed by atoms with Crippen LogP contribution in [0.5, 0.6) is 5.75 Å². The van der Waals surface area contributed by atoms with Crippen molar-refractivity contribution in [3.8, 4) is 5.75 Å². The van der Waals surface area contributed by atoms with Gasteiger partial charge in [0.05, 0.1) is 0 Å². The summed E-state index contributed by atoms with van der Waals surface area (Å²) >= 11 is 0. The minimum Gasteiger partial charge on any atom is -0.503 e. The van der Waals surface area contributed by atoms with Crippen LogP contribution in [0.1, 0.15) is 5.56 Å². The van der Waals surface area contributed by atoms with Crippen LogP contribution in [-0.2, 0) is 11.2 Å². The van der Waals surface area contributed by atoms with Crippen LogP contribution >= 0.6 is 0 Å². The Bertz CT molecular complexity index is 372. The van der Waals surface area contributed by atoms with Crippen molar-refractivity contribution in [3.05, 3.63) is 29.3 Å². The standard InChI is InChI=1S/C9H9F2NO3/c10-5-1-4(2-6(11)8(5)13)3-7(12)9(14)15/h1-2,7,13H,3,12H2,(H,14,15)/p+1/t7-/m0/s1. The van der Waals surface area contributed by atoms with Crippen LogP contribution in [0.2, 0.25) is 0 Å². The zero-order valence-corrected chi connectivity index (χ0v) is 7.70. The Kier molecular flexibility index (Phi) is 3.21. The first-order valence-electron chi connectivity index (χ1n) is 4.14. The fourth-order valence-corrected chi connectivity index (χ4v) is 1.11. The Hall–Kier alpha value is -1.69. The number of benzene rings is 1. The molecule has 15 heavy (non-hydrogen) atoms. The molecule has 0 aliphatic carbocycles. The summed E-state index contributed by atoms with van der Waals surface area (Å²) in [4.78, 5) is 10.4. The van der Waals surface area contributed by atoms with Crippen molar-refractivity contribution in [1.29, 1.82) is 0 Å². The van der Waals surface area contributed by atoms with E-state index < -0.39 is 29.4 Å². The molecule has 0 saturated carbocycles. The second-order valence-corrected chi connectivity index (χ2v) is 3.15. The molecule has 0 radical (unpaired) electrons. The van der Waals surface area contributed by atoms with Crippen molar-refractivity contribution in [2.24, 2.45) is 0 Å². The van der Waals surface area contributed by atoms with Gasteiger partial charge in [-0.15, -0.1) is 0 Å². The Morgan fingerprint density at radius 3 is 2.27 bits per heavy atom. The van der Waals surface area contributed by atoms with E-state index in [2.05, 4.69) is 5.73 Å². The third-order valence-corrected chi connectivity index (χ3v) is 1.91. The van der Waals surface area contributed by atoms with Crippen molar-refractivity contribution in [2.75, 3.05) is 0 Å². The molecule has 4 nitrogen and oxygen atoms in total. The van der Waals surface area contributed by atoms with E-state index in [9.17, 15) is 13.6 Å². The zero-order chi connectivity index (χ0) is 11.6. The Morgan fingerprint density at radius 1 is 1.40 bits per heavy atom. The van der Waals surface area contributed by atoms with Crippen LogP contribution in [0, 0.1) is 11.6 Å². The van der Waals surface area contributed by atoms with E-state index in [1.807, 2.05) is 0 Å². The van der Waals surface area contributed by atoms with Crippen molar-refractivity contribution >= 4 is 5.97 Å². The lowest BCUT2D eigenvalue weighted by Crippen LogP contribution is -2.65. The first-order valence-corrected chi connectivity index (χ1v) is 4.14. The summed E-state index contributed by atoms with van der Waals surface area (Å²) in [6.07, 6.45) is -0.0938. The van der Waals surface area contributed by atoms with Crippen LogP contribution in [0.25, 0.3) is 0 Å². The first kappa shape index (κ1) is 11.4. The summed E-state index contributed by atoms with van der Waals surface area (Å²) in [5, 5.41) is 17.3. The smallest absolute Gasteiger partial charge is 0.362 e. The Morgan fingerprint density at radius 2 is 1.87 bits per heavy atom. The molecule has 0 bridgehead atoms. The molecule has 0 spiro atoms. The van der Waals surface area contributed by atoms with Gasteiger partial charge in [0.15, 0.2) is 23.4 Å². The molecule has 0 unspecified atom stereocenters. The average molecular weight is 218 g/mol. The molecule has 0 saturated heterocycles. The molecule has 0 aliphatic rings. The zero-order valence-electron chi connectivity index (χ0n) is 7.70.